The van der Waals surface area contributed by atoms with Crippen LogP contribution in [0.25, 0.3) is 21.1 Å². The molecule has 0 saturated carbocycles. The standard InChI is InChI=1S/C21H19N3O4S/c1-26-13-5-6-15-11(8-13)9-14-18(22)19(29-21(14)24-15)20(25)23-12-4-7-16(27-2)17(10-12)28-3/h4-10H,22H2,1-3H3,(H,23,25). The van der Waals surface area contributed by atoms with E-state index in [4.69, 9.17) is 19.9 Å². The lowest BCUT2D eigenvalue weighted by molar-refractivity contribution is 0.103. The lowest BCUT2D eigenvalue weighted by Gasteiger charge is -2.10. The number of ether oxygens (including phenoxy) is 3. The van der Waals surface area contributed by atoms with E-state index in [1.165, 1.54) is 11.3 Å². The summed E-state index contributed by atoms with van der Waals surface area (Å²) in [4.78, 5) is 18.6. The molecule has 1 amide bonds. The zero-order chi connectivity index (χ0) is 20.5. The maximum atomic E-state index is 12.9. The third-order valence-electron chi connectivity index (χ3n) is 4.57. The van der Waals surface area contributed by atoms with Crippen molar-refractivity contribution >= 4 is 49.7 Å². The van der Waals surface area contributed by atoms with Gasteiger partial charge in [0.1, 0.15) is 15.5 Å². The summed E-state index contributed by atoms with van der Waals surface area (Å²) in [6, 6.07) is 12.7. The van der Waals surface area contributed by atoms with Crippen molar-refractivity contribution in [2.24, 2.45) is 0 Å². The van der Waals surface area contributed by atoms with Crippen molar-refractivity contribution in [3.05, 3.63) is 47.3 Å². The number of carbonyl (C=O) groups is 1. The van der Waals surface area contributed by atoms with Gasteiger partial charge in [-0.25, -0.2) is 4.98 Å². The molecule has 0 fully saturated rings. The number of benzene rings is 2. The number of pyridine rings is 1. The van der Waals surface area contributed by atoms with E-state index in [2.05, 4.69) is 10.3 Å². The Kier molecular flexibility index (Phi) is 4.85. The van der Waals surface area contributed by atoms with E-state index in [1.807, 2.05) is 24.3 Å². The molecule has 0 unspecified atom stereocenters. The lowest BCUT2D eigenvalue weighted by Crippen LogP contribution is -2.12. The third kappa shape index (κ3) is 3.38. The number of carbonyl (C=O) groups excluding carboxylic acids is 1. The molecule has 8 heteroatoms. The highest BCUT2D eigenvalue weighted by atomic mass is 32.1. The van der Waals surface area contributed by atoms with Crippen LogP contribution in [0.4, 0.5) is 11.4 Å². The van der Waals surface area contributed by atoms with Gasteiger partial charge < -0.3 is 25.3 Å². The predicted molar refractivity (Wildman–Crippen MR) is 116 cm³/mol. The molecule has 2 aromatic heterocycles. The number of nitrogens with one attached hydrogen (secondary N) is 1. The summed E-state index contributed by atoms with van der Waals surface area (Å²) < 4.78 is 15.8. The highest BCUT2D eigenvalue weighted by Gasteiger charge is 2.19. The van der Waals surface area contributed by atoms with Crippen molar-refractivity contribution in [1.29, 1.82) is 0 Å². The predicted octanol–water partition coefficient (Wildman–Crippen LogP) is 4.31. The number of methoxy groups -OCH3 is 3. The zero-order valence-corrected chi connectivity index (χ0v) is 16.9. The molecule has 148 valence electrons. The Morgan fingerprint density at radius 1 is 1.00 bits per heavy atom. The van der Waals surface area contributed by atoms with Gasteiger partial charge in [0, 0.05) is 22.5 Å². The molecule has 0 radical (unpaired) electrons. The van der Waals surface area contributed by atoms with Gasteiger partial charge in [-0.05, 0) is 36.4 Å². The Balaban J connectivity index is 1.70. The molecule has 4 aromatic rings. The highest BCUT2D eigenvalue weighted by molar-refractivity contribution is 7.21. The molecular weight excluding hydrogens is 390 g/mol. The normalized spacial score (nSPS) is 10.9. The van der Waals surface area contributed by atoms with Crippen LogP contribution in [0.15, 0.2) is 42.5 Å². The minimum atomic E-state index is -0.306. The lowest BCUT2D eigenvalue weighted by atomic mass is 10.1. The maximum Gasteiger partial charge on any atom is 0.267 e. The number of hydrogen-bond acceptors (Lipinski definition) is 7. The first-order valence-corrected chi connectivity index (χ1v) is 9.56. The second-order valence-electron chi connectivity index (χ2n) is 6.27. The van der Waals surface area contributed by atoms with E-state index in [1.54, 1.807) is 39.5 Å². The fourth-order valence-corrected chi connectivity index (χ4v) is 4.06. The van der Waals surface area contributed by atoms with Gasteiger partial charge in [0.05, 0.1) is 32.5 Å². The van der Waals surface area contributed by atoms with E-state index >= 15 is 0 Å². The average molecular weight is 409 g/mol. The maximum absolute atomic E-state index is 12.9. The monoisotopic (exact) mass is 409 g/mol. The number of aromatic nitrogens is 1. The highest BCUT2D eigenvalue weighted by Crippen LogP contribution is 2.36. The molecule has 0 aliphatic heterocycles. The summed E-state index contributed by atoms with van der Waals surface area (Å²) >= 11 is 1.26. The second-order valence-corrected chi connectivity index (χ2v) is 7.27. The van der Waals surface area contributed by atoms with E-state index in [-0.39, 0.29) is 5.91 Å². The Morgan fingerprint density at radius 3 is 2.52 bits per heavy atom. The molecule has 0 aliphatic rings. The minimum Gasteiger partial charge on any atom is -0.497 e. The van der Waals surface area contributed by atoms with Crippen LogP contribution in [0.3, 0.4) is 0 Å². The molecule has 29 heavy (non-hydrogen) atoms. The van der Waals surface area contributed by atoms with Crippen LogP contribution in [0.5, 0.6) is 17.2 Å². The number of nitrogens with zero attached hydrogens (tertiary/aromatic N) is 1. The van der Waals surface area contributed by atoms with Crippen LogP contribution in [0.1, 0.15) is 9.67 Å². The van der Waals surface area contributed by atoms with Crippen LogP contribution in [0.2, 0.25) is 0 Å². The van der Waals surface area contributed by atoms with Crippen molar-refractivity contribution < 1.29 is 19.0 Å². The topological polar surface area (TPSA) is 95.7 Å². The van der Waals surface area contributed by atoms with Crippen molar-refractivity contribution in [1.82, 2.24) is 4.98 Å². The number of rotatable bonds is 5. The number of fused-ring (bicyclic) bond motifs is 2. The third-order valence-corrected chi connectivity index (χ3v) is 5.68. The Labute approximate surface area is 171 Å². The summed E-state index contributed by atoms with van der Waals surface area (Å²) in [7, 11) is 4.71. The molecule has 4 rings (SSSR count). The Bertz CT molecular complexity index is 1240. The Morgan fingerprint density at radius 2 is 1.79 bits per heavy atom. The number of hydrogen-bond donors (Lipinski definition) is 2. The molecule has 0 aliphatic carbocycles. The van der Waals surface area contributed by atoms with Gasteiger partial charge in [0.15, 0.2) is 11.5 Å². The van der Waals surface area contributed by atoms with E-state index in [9.17, 15) is 4.79 Å². The van der Waals surface area contributed by atoms with Gasteiger partial charge in [0.2, 0.25) is 0 Å². The van der Waals surface area contributed by atoms with Gasteiger partial charge in [-0.3, -0.25) is 4.79 Å². The van der Waals surface area contributed by atoms with Crippen LogP contribution in [-0.2, 0) is 0 Å². The fourth-order valence-electron chi connectivity index (χ4n) is 3.08. The summed E-state index contributed by atoms with van der Waals surface area (Å²) in [5, 5.41) is 4.49. The molecule has 0 atom stereocenters. The summed E-state index contributed by atoms with van der Waals surface area (Å²) in [6.45, 7) is 0. The van der Waals surface area contributed by atoms with E-state index in [0.717, 1.165) is 22.0 Å². The molecule has 7 nitrogen and oxygen atoms in total. The van der Waals surface area contributed by atoms with E-state index < -0.39 is 0 Å². The number of nitrogen functional groups attached to an aromatic ring is 1. The first kappa shape index (κ1) is 18.8. The van der Waals surface area contributed by atoms with Gasteiger partial charge in [-0.15, -0.1) is 11.3 Å². The Hall–Kier alpha value is -3.52. The summed E-state index contributed by atoms with van der Waals surface area (Å²) in [6.07, 6.45) is 0. The summed E-state index contributed by atoms with van der Waals surface area (Å²) in [5.74, 6) is 1.54. The number of anilines is 2. The molecule has 2 heterocycles. The van der Waals surface area contributed by atoms with Crippen LogP contribution in [0, 0.1) is 0 Å². The second kappa shape index (κ2) is 7.48. The quantitative estimate of drug-likeness (QED) is 0.510. The van der Waals surface area contributed by atoms with Crippen LogP contribution in [-0.4, -0.2) is 32.2 Å². The largest absolute Gasteiger partial charge is 0.497 e. The molecular formula is C21H19N3O4S. The smallest absolute Gasteiger partial charge is 0.267 e. The van der Waals surface area contributed by atoms with Gasteiger partial charge in [-0.1, -0.05) is 0 Å². The van der Waals surface area contributed by atoms with E-state index in [0.29, 0.717) is 32.6 Å². The fraction of sp³-hybridized carbons (Fsp3) is 0.143. The first-order valence-electron chi connectivity index (χ1n) is 8.74. The van der Waals surface area contributed by atoms with Crippen LogP contribution < -0.4 is 25.3 Å². The van der Waals surface area contributed by atoms with Crippen molar-refractivity contribution in [3.8, 4) is 17.2 Å². The molecule has 3 N–H and O–H groups in total. The number of nitrogens with two attached hydrogens (primary N) is 1. The minimum absolute atomic E-state index is 0.306. The van der Waals surface area contributed by atoms with Crippen molar-refractivity contribution in [2.45, 2.75) is 0 Å². The van der Waals surface area contributed by atoms with Gasteiger partial charge >= 0.3 is 0 Å². The number of amides is 1. The SMILES string of the molecule is COc1ccc2nc3sc(C(=O)Nc4ccc(OC)c(OC)c4)c(N)c3cc2c1. The zero-order valence-electron chi connectivity index (χ0n) is 16.1. The molecule has 2 aromatic carbocycles. The molecule has 0 spiro atoms. The molecule has 0 saturated heterocycles. The van der Waals surface area contributed by atoms with Crippen molar-refractivity contribution in [2.75, 3.05) is 32.4 Å². The van der Waals surface area contributed by atoms with Gasteiger partial charge in [0.25, 0.3) is 5.91 Å². The van der Waals surface area contributed by atoms with Crippen molar-refractivity contribution in [3.63, 3.8) is 0 Å². The van der Waals surface area contributed by atoms with Crippen LogP contribution >= 0.6 is 11.3 Å². The first-order chi connectivity index (χ1) is 14.0. The summed E-state index contributed by atoms with van der Waals surface area (Å²) in [5.41, 5.74) is 8.08. The average Bonchev–Trinajstić information content (AvgIpc) is 3.07. The number of thiophene rings is 1. The van der Waals surface area contributed by atoms with Gasteiger partial charge in [-0.2, -0.15) is 0 Å². The molecule has 0 bridgehead atoms.